The van der Waals surface area contributed by atoms with Gasteiger partial charge >= 0.3 is 5.97 Å². The van der Waals surface area contributed by atoms with Gasteiger partial charge in [-0.1, -0.05) is 11.6 Å². The summed E-state index contributed by atoms with van der Waals surface area (Å²) in [7, 11) is -3.77. The zero-order valence-corrected chi connectivity index (χ0v) is 10.1. The molecule has 0 aliphatic heterocycles. The second-order valence-electron chi connectivity index (χ2n) is 3.07. The van der Waals surface area contributed by atoms with Crippen LogP contribution in [-0.4, -0.2) is 37.8 Å². The van der Waals surface area contributed by atoms with Crippen LogP contribution in [0.2, 0.25) is 5.02 Å². The van der Waals surface area contributed by atoms with E-state index in [1.54, 1.807) is 0 Å². The number of aliphatic hydroxyl groups excluding tert-OH is 1. The molecule has 1 rings (SSSR count). The maximum atomic E-state index is 11.6. The number of nitrogens with one attached hydrogen (secondary N) is 1. The highest BCUT2D eigenvalue weighted by molar-refractivity contribution is 7.89. The molecule has 0 spiro atoms. The Morgan fingerprint density at radius 1 is 1.41 bits per heavy atom. The van der Waals surface area contributed by atoms with Crippen LogP contribution in [0, 0.1) is 0 Å². The van der Waals surface area contributed by atoms with E-state index in [1.807, 2.05) is 0 Å². The molecule has 0 aromatic heterocycles. The molecule has 0 saturated carbocycles. The number of carbonyl (C=O) groups is 1. The van der Waals surface area contributed by atoms with Crippen molar-refractivity contribution in [1.29, 1.82) is 0 Å². The first-order valence-electron chi connectivity index (χ1n) is 4.52. The summed E-state index contributed by atoms with van der Waals surface area (Å²) in [5, 5.41) is 17.1. The number of sulfonamides is 1. The quantitative estimate of drug-likeness (QED) is 0.720. The summed E-state index contributed by atoms with van der Waals surface area (Å²) in [6.45, 7) is -0.458. The van der Waals surface area contributed by atoms with E-state index in [2.05, 4.69) is 4.72 Å². The van der Waals surface area contributed by atoms with Gasteiger partial charge < -0.3 is 10.2 Å². The van der Waals surface area contributed by atoms with Crippen molar-refractivity contribution in [3.8, 4) is 0 Å². The third-order valence-corrected chi connectivity index (χ3v) is 3.66. The minimum absolute atomic E-state index is 0.124. The summed E-state index contributed by atoms with van der Waals surface area (Å²) < 4.78 is 25.3. The van der Waals surface area contributed by atoms with Gasteiger partial charge in [0, 0.05) is 6.54 Å². The summed E-state index contributed by atoms with van der Waals surface area (Å²) in [6, 6.07) is 3.29. The first-order valence-corrected chi connectivity index (χ1v) is 6.38. The van der Waals surface area contributed by atoms with Crippen LogP contribution >= 0.6 is 11.6 Å². The predicted molar refractivity (Wildman–Crippen MR) is 60.7 cm³/mol. The van der Waals surface area contributed by atoms with Crippen LogP contribution < -0.4 is 4.72 Å². The molecule has 0 amide bonds. The van der Waals surface area contributed by atoms with E-state index in [4.69, 9.17) is 21.8 Å². The van der Waals surface area contributed by atoms with E-state index in [1.165, 1.54) is 0 Å². The lowest BCUT2D eigenvalue weighted by Gasteiger charge is -2.06. The van der Waals surface area contributed by atoms with E-state index in [0.29, 0.717) is 0 Å². The molecule has 0 fully saturated rings. The third-order valence-electron chi connectivity index (χ3n) is 1.89. The fourth-order valence-corrected chi connectivity index (χ4v) is 2.47. The molecule has 0 saturated heterocycles. The van der Waals surface area contributed by atoms with Crippen molar-refractivity contribution >= 4 is 27.6 Å². The van der Waals surface area contributed by atoms with Gasteiger partial charge in [0.15, 0.2) is 0 Å². The molecule has 0 radical (unpaired) electrons. The monoisotopic (exact) mass is 279 g/mol. The van der Waals surface area contributed by atoms with Crippen LogP contribution in [0.15, 0.2) is 23.1 Å². The van der Waals surface area contributed by atoms with Crippen molar-refractivity contribution in [3.63, 3.8) is 0 Å². The average molecular weight is 280 g/mol. The van der Waals surface area contributed by atoms with Crippen LogP contribution in [0.25, 0.3) is 0 Å². The molecule has 94 valence electrons. The Kier molecular flexibility index (Phi) is 4.47. The fourth-order valence-electron chi connectivity index (χ4n) is 1.10. The number of hydrogen-bond donors (Lipinski definition) is 3. The van der Waals surface area contributed by atoms with Gasteiger partial charge in [-0.3, -0.25) is 0 Å². The molecule has 0 aliphatic rings. The minimum atomic E-state index is -3.77. The number of rotatable bonds is 5. The summed E-state index contributed by atoms with van der Waals surface area (Å²) >= 11 is 5.64. The third kappa shape index (κ3) is 3.40. The average Bonchev–Trinajstić information content (AvgIpc) is 2.25. The normalized spacial score (nSPS) is 11.4. The van der Waals surface area contributed by atoms with Crippen molar-refractivity contribution in [2.75, 3.05) is 13.2 Å². The van der Waals surface area contributed by atoms with E-state index in [-0.39, 0.29) is 28.6 Å². The number of carboxylic acid groups (broad SMARTS) is 1. The topological polar surface area (TPSA) is 104 Å². The maximum Gasteiger partial charge on any atom is 0.337 e. The highest BCUT2D eigenvalue weighted by Crippen LogP contribution is 2.20. The molecule has 1 aromatic carbocycles. The summed E-state index contributed by atoms with van der Waals surface area (Å²) in [5.74, 6) is -1.23. The Bertz CT molecular complexity index is 528. The van der Waals surface area contributed by atoms with Crippen molar-refractivity contribution in [2.45, 2.75) is 4.90 Å². The summed E-state index contributed by atoms with van der Waals surface area (Å²) in [5.41, 5.74) is -0.173. The molecule has 1 aromatic rings. The van der Waals surface area contributed by atoms with Gasteiger partial charge in [-0.25, -0.2) is 17.9 Å². The minimum Gasteiger partial charge on any atom is -0.478 e. The van der Waals surface area contributed by atoms with Gasteiger partial charge in [0.2, 0.25) is 10.0 Å². The van der Waals surface area contributed by atoms with Crippen LogP contribution in [0.3, 0.4) is 0 Å². The van der Waals surface area contributed by atoms with E-state index in [0.717, 1.165) is 18.2 Å². The molecular weight excluding hydrogens is 270 g/mol. The van der Waals surface area contributed by atoms with Crippen LogP contribution in [-0.2, 0) is 10.0 Å². The SMILES string of the molecule is O=C(O)c1ccc(S(=O)(=O)NCCO)cc1Cl. The molecule has 0 unspecified atom stereocenters. The van der Waals surface area contributed by atoms with Gasteiger partial charge in [0.05, 0.1) is 22.1 Å². The van der Waals surface area contributed by atoms with Gasteiger partial charge in [-0.2, -0.15) is 0 Å². The van der Waals surface area contributed by atoms with Crippen molar-refractivity contribution < 1.29 is 23.4 Å². The molecule has 0 heterocycles. The van der Waals surface area contributed by atoms with Crippen molar-refractivity contribution in [3.05, 3.63) is 28.8 Å². The molecular formula is C9H10ClNO5S. The lowest BCUT2D eigenvalue weighted by molar-refractivity contribution is 0.0697. The Balaban J connectivity index is 3.09. The molecule has 0 aliphatic carbocycles. The smallest absolute Gasteiger partial charge is 0.337 e. The Hall–Kier alpha value is -1.15. The summed E-state index contributed by atoms with van der Waals surface area (Å²) in [6.07, 6.45) is 0. The second-order valence-corrected chi connectivity index (χ2v) is 5.24. The highest BCUT2D eigenvalue weighted by Gasteiger charge is 2.16. The van der Waals surface area contributed by atoms with Gasteiger partial charge in [-0.05, 0) is 18.2 Å². The Labute approximate surface area is 103 Å². The summed E-state index contributed by atoms with van der Waals surface area (Å²) in [4.78, 5) is 10.5. The first kappa shape index (κ1) is 13.9. The van der Waals surface area contributed by atoms with Crippen LogP contribution in [0.1, 0.15) is 10.4 Å². The van der Waals surface area contributed by atoms with Crippen molar-refractivity contribution in [1.82, 2.24) is 4.72 Å². The highest BCUT2D eigenvalue weighted by atomic mass is 35.5. The molecule has 3 N–H and O–H groups in total. The molecule has 0 bridgehead atoms. The molecule has 17 heavy (non-hydrogen) atoms. The Morgan fingerprint density at radius 2 is 2.06 bits per heavy atom. The van der Waals surface area contributed by atoms with Crippen molar-refractivity contribution in [2.24, 2.45) is 0 Å². The standard InChI is InChI=1S/C9H10ClNO5S/c10-8-5-6(1-2-7(8)9(13)14)17(15,16)11-3-4-12/h1-2,5,11-12H,3-4H2,(H,13,14). The molecule has 6 nitrogen and oxygen atoms in total. The predicted octanol–water partition coefficient (Wildman–Crippen LogP) is 0.309. The number of hydrogen-bond acceptors (Lipinski definition) is 4. The van der Waals surface area contributed by atoms with Crippen LogP contribution in [0.5, 0.6) is 0 Å². The van der Waals surface area contributed by atoms with Gasteiger partial charge in [0.1, 0.15) is 0 Å². The largest absolute Gasteiger partial charge is 0.478 e. The Morgan fingerprint density at radius 3 is 2.53 bits per heavy atom. The van der Waals surface area contributed by atoms with E-state index in [9.17, 15) is 13.2 Å². The number of halogens is 1. The zero-order chi connectivity index (χ0) is 13.1. The lowest BCUT2D eigenvalue weighted by atomic mass is 10.2. The fraction of sp³-hybridized carbons (Fsp3) is 0.222. The van der Waals surface area contributed by atoms with E-state index < -0.39 is 16.0 Å². The molecule has 0 atom stereocenters. The number of carboxylic acids is 1. The second kappa shape index (κ2) is 5.46. The number of aromatic carboxylic acids is 1. The zero-order valence-electron chi connectivity index (χ0n) is 8.55. The number of aliphatic hydroxyl groups is 1. The lowest BCUT2D eigenvalue weighted by Crippen LogP contribution is -2.26. The van der Waals surface area contributed by atoms with Gasteiger partial charge in [-0.15, -0.1) is 0 Å². The first-order chi connectivity index (χ1) is 7.88. The van der Waals surface area contributed by atoms with Crippen LogP contribution in [0.4, 0.5) is 0 Å². The number of benzene rings is 1. The maximum absolute atomic E-state index is 11.6. The molecule has 8 heteroatoms. The van der Waals surface area contributed by atoms with Gasteiger partial charge in [0.25, 0.3) is 0 Å². The van der Waals surface area contributed by atoms with E-state index >= 15 is 0 Å².